The van der Waals surface area contributed by atoms with Crippen LogP contribution in [0.5, 0.6) is 0 Å². The van der Waals surface area contributed by atoms with Gasteiger partial charge in [0.15, 0.2) is 5.96 Å². The van der Waals surface area contributed by atoms with Crippen LogP contribution in [-0.4, -0.2) is 33.4 Å². The molecule has 1 aliphatic heterocycles. The number of guanidine groups is 1. The highest BCUT2D eigenvalue weighted by molar-refractivity contribution is 5.98. The molecule has 0 saturated heterocycles. The molecule has 0 spiro atoms. The van der Waals surface area contributed by atoms with E-state index in [1.54, 1.807) is 13.1 Å². The van der Waals surface area contributed by atoms with E-state index in [1.165, 1.54) is 4.90 Å². The van der Waals surface area contributed by atoms with Crippen LogP contribution in [0.2, 0.25) is 0 Å². The Morgan fingerprint density at radius 3 is 2.75 bits per heavy atom. The Hall–Kier alpha value is -3.66. The zero-order valence-corrected chi connectivity index (χ0v) is 16.0. The van der Waals surface area contributed by atoms with Crippen LogP contribution < -0.4 is 5.73 Å². The molecule has 28 heavy (non-hydrogen) atoms. The van der Waals surface area contributed by atoms with E-state index in [2.05, 4.69) is 16.0 Å². The fourth-order valence-corrected chi connectivity index (χ4v) is 3.65. The van der Waals surface area contributed by atoms with Crippen molar-refractivity contribution < 1.29 is 4.79 Å². The van der Waals surface area contributed by atoms with Crippen LogP contribution in [0, 0.1) is 18.3 Å². The number of aryl methyl sites for hydroxylation is 1. The summed E-state index contributed by atoms with van der Waals surface area (Å²) in [4.78, 5) is 22.9. The van der Waals surface area contributed by atoms with Gasteiger partial charge in [-0.1, -0.05) is 12.1 Å². The summed E-state index contributed by atoms with van der Waals surface area (Å²) in [6.45, 7) is 3.84. The Kier molecular flexibility index (Phi) is 3.93. The normalized spacial score (nSPS) is 19.6. The molecule has 0 saturated carbocycles. The first-order chi connectivity index (χ1) is 13.3. The summed E-state index contributed by atoms with van der Waals surface area (Å²) < 4.78 is 2.01. The fourth-order valence-electron chi connectivity index (χ4n) is 3.65. The molecule has 0 unspecified atom stereocenters. The van der Waals surface area contributed by atoms with Crippen LogP contribution in [-0.2, 0) is 10.3 Å². The Labute approximate surface area is 162 Å². The van der Waals surface area contributed by atoms with Crippen LogP contribution in [0.25, 0.3) is 16.7 Å². The number of aromatic nitrogens is 2. The molecule has 2 heterocycles. The monoisotopic (exact) mass is 372 g/mol. The average Bonchev–Trinajstić information content (AvgIpc) is 3.01. The number of nitriles is 1. The summed E-state index contributed by atoms with van der Waals surface area (Å²) in [5, 5.41) is 9.24. The van der Waals surface area contributed by atoms with Crippen LogP contribution in [0.3, 0.4) is 0 Å². The predicted octanol–water partition coefficient (Wildman–Crippen LogP) is 2.60. The second-order valence-corrected chi connectivity index (χ2v) is 7.23. The Bertz CT molecular complexity index is 1190. The number of amides is 1. The van der Waals surface area contributed by atoms with E-state index >= 15 is 0 Å². The molecule has 4 rings (SSSR count). The van der Waals surface area contributed by atoms with Crippen molar-refractivity contribution in [1.82, 2.24) is 14.5 Å². The number of benzene rings is 2. The van der Waals surface area contributed by atoms with E-state index in [0.29, 0.717) is 5.56 Å². The number of rotatable bonds is 2. The second kappa shape index (κ2) is 6.20. The lowest BCUT2D eigenvalue weighted by molar-refractivity contribution is -0.128. The van der Waals surface area contributed by atoms with E-state index in [1.807, 2.05) is 54.8 Å². The van der Waals surface area contributed by atoms with E-state index < -0.39 is 5.54 Å². The molecular weight excluding hydrogens is 352 g/mol. The van der Waals surface area contributed by atoms with Crippen molar-refractivity contribution in [3.8, 4) is 11.8 Å². The topological polar surface area (TPSA) is 100 Å². The van der Waals surface area contributed by atoms with Crippen molar-refractivity contribution in [2.45, 2.75) is 25.8 Å². The van der Waals surface area contributed by atoms with E-state index in [0.717, 1.165) is 28.1 Å². The van der Waals surface area contributed by atoms with E-state index in [4.69, 9.17) is 5.73 Å². The zero-order valence-electron chi connectivity index (χ0n) is 16.0. The summed E-state index contributed by atoms with van der Waals surface area (Å²) in [5.41, 5.74) is 9.28. The van der Waals surface area contributed by atoms with Crippen LogP contribution >= 0.6 is 0 Å². The predicted molar refractivity (Wildman–Crippen MR) is 107 cm³/mol. The maximum atomic E-state index is 12.3. The van der Waals surface area contributed by atoms with Gasteiger partial charge in [0, 0.05) is 12.7 Å². The zero-order chi connectivity index (χ0) is 20.1. The third-order valence-corrected chi connectivity index (χ3v) is 5.25. The lowest BCUT2D eigenvalue weighted by atomic mass is 9.87. The molecule has 2 aromatic carbocycles. The van der Waals surface area contributed by atoms with Gasteiger partial charge < -0.3 is 5.73 Å². The molecule has 2 N–H and O–H groups in total. The van der Waals surface area contributed by atoms with Gasteiger partial charge in [0.2, 0.25) is 5.91 Å². The van der Waals surface area contributed by atoms with Gasteiger partial charge in [-0.15, -0.1) is 0 Å². The summed E-state index contributed by atoms with van der Waals surface area (Å²) in [6, 6.07) is 15.5. The van der Waals surface area contributed by atoms with Crippen molar-refractivity contribution in [3.63, 3.8) is 0 Å². The Morgan fingerprint density at radius 1 is 1.25 bits per heavy atom. The first-order valence-corrected chi connectivity index (χ1v) is 8.94. The maximum Gasteiger partial charge on any atom is 0.231 e. The third kappa shape index (κ3) is 2.70. The molecule has 7 heteroatoms. The summed E-state index contributed by atoms with van der Waals surface area (Å²) >= 11 is 0. The number of imidazole rings is 1. The second-order valence-electron chi connectivity index (χ2n) is 7.23. The molecule has 3 aromatic rings. The van der Waals surface area contributed by atoms with Crippen LogP contribution in [0.15, 0.2) is 47.5 Å². The molecule has 0 aliphatic carbocycles. The number of hydrogen-bond donors (Lipinski definition) is 1. The molecule has 0 fully saturated rings. The average molecular weight is 372 g/mol. The van der Waals surface area contributed by atoms with Crippen molar-refractivity contribution >= 4 is 22.9 Å². The van der Waals surface area contributed by atoms with Crippen LogP contribution in [0.4, 0.5) is 0 Å². The summed E-state index contributed by atoms with van der Waals surface area (Å²) in [6.07, 6.45) is 0.246. The summed E-state index contributed by atoms with van der Waals surface area (Å²) in [5.74, 6) is 0.963. The molecule has 1 aromatic heterocycles. The van der Waals surface area contributed by atoms with E-state index in [-0.39, 0.29) is 18.3 Å². The third-order valence-electron chi connectivity index (χ3n) is 5.25. The first kappa shape index (κ1) is 17.7. The molecule has 1 amide bonds. The SMILES string of the molecule is Cc1nc2ccc(C#N)cc2n1-c1cccc([C@]2(C)CC(=O)N(C)C(N)=N2)c1. The van der Waals surface area contributed by atoms with Crippen molar-refractivity contribution in [2.24, 2.45) is 10.7 Å². The minimum absolute atomic E-state index is 0.0664. The first-order valence-electron chi connectivity index (χ1n) is 8.94. The van der Waals surface area contributed by atoms with Gasteiger partial charge in [0.1, 0.15) is 5.82 Å². The molecule has 1 aliphatic rings. The number of hydrogen-bond acceptors (Lipinski definition) is 5. The number of fused-ring (bicyclic) bond motifs is 1. The van der Waals surface area contributed by atoms with Crippen molar-refractivity contribution in [3.05, 3.63) is 59.4 Å². The van der Waals surface area contributed by atoms with Crippen molar-refractivity contribution in [2.75, 3.05) is 7.05 Å². The van der Waals surface area contributed by atoms with E-state index in [9.17, 15) is 10.1 Å². The fraction of sp³-hybridized carbons (Fsp3) is 0.238. The number of nitrogens with two attached hydrogens (primary N) is 1. The van der Waals surface area contributed by atoms with Crippen molar-refractivity contribution in [1.29, 1.82) is 5.26 Å². The lowest BCUT2D eigenvalue weighted by Crippen LogP contribution is -2.47. The van der Waals surface area contributed by atoms with Gasteiger partial charge in [-0.05, 0) is 49.7 Å². The number of carbonyl (C=O) groups excluding carboxylic acids is 1. The highest BCUT2D eigenvalue weighted by Gasteiger charge is 2.36. The highest BCUT2D eigenvalue weighted by Crippen LogP contribution is 2.34. The minimum Gasteiger partial charge on any atom is -0.369 e. The molecule has 7 nitrogen and oxygen atoms in total. The largest absolute Gasteiger partial charge is 0.369 e. The quantitative estimate of drug-likeness (QED) is 0.747. The summed E-state index contributed by atoms with van der Waals surface area (Å²) in [7, 11) is 1.63. The Balaban J connectivity index is 1.87. The van der Waals surface area contributed by atoms with Gasteiger partial charge in [-0.2, -0.15) is 5.26 Å². The maximum absolute atomic E-state index is 12.3. The standard InChI is InChI=1S/C21H20N6O/c1-13-24-17-8-7-14(12-22)9-18(17)27(13)16-6-4-5-15(10-16)21(2)11-19(28)26(3)20(23)25-21/h4-10H,11H2,1-3H3,(H2,23,25)/t21-/m0/s1. The number of nitrogens with zero attached hydrogens (tertiary/aromatic N) is 5. The highest BCUT2D eigenvalue weighted by atomic mass is 16.2. The van der Waals surface area contributed by atoms with Gasteiger partial charge >= 0.3 is 0 Å². The molecule has 0 radical (unpaired) electrons. The molecular formula is C21H20N6O. The number of carbonyl (C=O) groups is 1. The smallest absolute Gasteiger partial charge is 0.231 e. The minimum atomic E-state index is -0.730. The lowest BCUT2D eigenvalue weighted by Gasteiger charge is -2.33. The van der Waals surface area contributed by atoms with Crippen LogP contribution in [0.1, 0.15) is 30.3 Å². The molecule has 1 atom stereocenters. The number of aliphatic imine (C=N–C) groups is 1. The molecule has 0 bridgehead atoms. The van der Waals surface area contributed by atoms with Gasteiger partial charge in [-0.25, -0.2) is 9.98 Å². The van der Waals surface area contributed by atoms with Gasteiger partial charge in [0.05, 0.1) is 34.6 Å². The van der Waals surface area contributed by atoms with Gasteiger partial charge in [-0.3, -0.25) is 14.3 Å². The van der Waals surface area contributed by atoms with Gasteiger partial charge in [0.25, 0.3) is 0 Å². The molecule has 140 valence electrons. The Morgan fingerprint density at radius 2 is 2.04 bits per heavy atom.